The van der Waals surface area contributed by atoms with Crippen LogP contribution in [-0.2, 0) is 4.74 Å². The monoisotopic (exact) mass is 280 g/mol. The second kappa shape index (κ2) is 8.82. The van der Waals surface area contributed by atoms with Gasteiger partial charge in [0.05, 0.1) is 12.3 Å². The van der Waals surface area contributed by atoms with Gasteiger partial charge in [-0.15, -0.1) is 0 Å². The van der Waals surface area contributed by atoms with Crippen LogP contribution in [-0.4, -0.2) is 33.4 Å². The van der Waals surface area contributed by atoms with E-state index < -0.39 is 0 Å². The molecule has 0 amide bonds. The molecule has 114 valence electrons. The van der Waals surface area contributed by atoms with Crippen LogP contribution in [0, 0.1) is 18.8 Å². The molecule has 1 unspecified atom stereocenters. The Morgan fingerprint density at radius 1 is 1.25 bits per heavy atom. The van der Waals surface area contributed by atoms with E-state index in [1.54, 1.807) is 7.11 Å². The molecule has 0 aliphatic carbocycles. The Bertz CT molecular complexity index is 394. The number of methoxy groups -OCH3 is 1. The van der Waals surface area contributed by atoms with Gasteiger partial charge in [-0.2, -0.15) is 0 Å². The van der Waals surface area contributed by atoms with Crippen LogP contribution >= 0.6 is 0 Å². The van der Waals surface area contributed by atoms with Crippen LogP contribution in [0.15, 0.2) is 18.2 Å². The predicted molar refractivity (Wildman–Crippen MR) is 84.4 cm³/mol. The topological polar surface area (TPSA) is 56.5 Å². The predicted octanol–water partition coefficient (Wildman–Crippen LogP) is 2.66. The van der Waals surface area contributed by atoms with Crippen LogP contribution in [0.2, 0.25) is 0 Å². The van der Waals surface area contributed by atoms with Gasteiger partial charge in [-0.25, -0.2) is 0 Å². The Balaban J connectivity index is 2.67. The average molecular weight is 280 g/mol. The molecule has 0 bridgehead atoms. The molecule has 1 aromatic rings. The standard InChI is InChI=1S/C16H28N2O2/c1-12(2)14(10-17)11-18-15-6-5-13(3)9-16(15)20-8-7-19-4/h5-6,9,12,14,18H,7-8,10-11,17H2,1-4H3. The number of nitrogens with two attached hydrogens (primary N) is 1. The van der Waals surface area contributed by atoms with Crippen LogP contribution in [0.1, 0.15) is 19.4 Å². The van der Waals surface area contributed by atoms with Crippen molar-refractivity contribution in [1.29, 1.82) is 0 Å². The fourth-order valence-electron chi connectivity index (χ4n) is 1.96. The zero-order chi connectivity index (χ0) is 15.0. The summed E-state index contributed by atoms with van der Waals surface area (Å²) in [5, 5.41) is 3.45. The molecule has 4 nitrogen and oxygen atoms in total. The molecule has 0 saturated carbocycles. The molecule has 0 saturated heterocycles. The van der Waals surface area contributed by atoms with Gasteiger partial charge < -0.3 is 20.5 Å². The highest BCUT2D eigenvalue weighted by Crippen LogP contribution is 2.26. The summed E-state index contributed by atoms with van der Waals surface area (Å²) in [7, 11) is 1.67. The summed E-state index contributed by atoms with van der Waals surface area (Å²) >= 11 is 0. The highest BCUT2D eigenvalue weighted by atomic mass is 16.5. The second-order valence-corrected chi connectivity index (χ2v) is 5.46. The minimum Gasteiger partial charge on any atom is -0.489 e. The first-order valence-corrected chi connectivity index (χ1v) is 7.24. The highest BCUT2D eigenvalue weighted by molar-refractivity contribution is 5.57. The molecule has 0 aromatic heterocycles. The molecule has 4 heteroatoms. The molecule has 0 heterocycles. The van der Waals surface area contributed by atoms with E-state index in [4.69, 9.17) is 15.2 Å². The van der Waals surface area contributed by atoms with E-state index >= 15 is 0 Å². The Kier molecular flexibility index (Phi) is 7.41. The Morgan fingerprint density at radius 3 is 2.60 bits per heavy atom. The molecular formula is C16H28N2O2. The lowest BCUT2D eigenvalue weighted by atomic mass is 9.96. The molecule has 0 aliphatic heterocycles. The quantitative estimate of drug-likeness (QED) is 0.683. The smallest absolute Gasteiger partial charge is 0.142 e. The van der Waals surface area contributed by atoms with Crippen molar-refractivity contribution in [1.82, 2.24) is 0 Å². The third-order valence-electron chi connectivity index (χ3n) is 3.48. The fraction of sp³-hybridized carbons (Fsp3) is 0.625. The van der Waals surface area contributed by atoms with Gasteiger partial charge in [0.15, 0.2) is 0 Å². The number of aryl methyl sites for hydroxylation is 1. The van der Waals surface area contributed by atoms with Crippen molar-refractivity contribution in [3.05, 3.63) is 23.8 Å². The van der Waals surface area contributed by atoms with Gasteiger partial charge in [0.25, 0.3) is 0 Å². The summed E-state index contributed by atoms with van der Waals surface area (Å²) in [6.07, 6.45) is 0. The van der Waals surface area contributed by atoms with E-state index in [-0.39, 0.29) is 0 Å². The van der Waals surface area contributed by atoms with E-state index in [0.717, 1.165) is 18.0 Å². The van der Waals surface area contributed by atoms with Crippen molar-refractivity contribution >= 4 is 5.69 Å². The zero-order valence-electron chi connectivity index (χ0n) is 13.1. The van der Waals surface area contributed by atoms with Crippen molar-refractivity contribution < 1.29 is 9.47 Å². The first kappa shape index (κ1) is 16.8. The molecule has 0 aliphatic rings. The minimum atomic E-state index is 0.461. The number of ether oxygens (including phenoxy) is 2. The Morgan fingerprint density at radius 2 is 2.00 bits per heavy atom. The maximum absolute atomic E-state index is 5.81. The third-order valence-corrected chi connectivity index (χ3v) is 3.48. The van der Waals surface area contributed by atoms with E-state index in [1.165, 1.54) is 5.56 Å². The number of anilines is 1. The lowest BCUT2D eigenvalue weighted by Crippen LogP contribution is -2.27. The third kappa shape index (κ3) is 5.39. The average Bonchev–Trinajstić information content (AvgIpc) is 2.41. The SMILES string of the molecule is COCCOc1cc(C)ccc1NCC(CN)C(C)C. The minimum absolute atomic E-state index is 0.461. The molecule has 1 atom stereocenters. The van der Waals surface area contributed by atoms with Gasteiger partial charge in [0.2, 0.25) is 0 Å². The van der Waals surface area contributed by atoms with Crippen molar-refractivity contribution in [2.24, 2.45) is 17.6 Å². The molecule has 0 fully saturated rings. The number of hydrogen-bond donors (Lipinski definition) is 2. The van der Waals surface area contributed by atoms with Crippen molar-refractivity contribution in [2.45, 2.75) is 20.8 Å². The normalized spacial score (nSPS) is 12.5. The first-order chi connectivity index (χ1) is 9.58. The van der Waals surface area contributed by atoms with E-state index in [1.807, 2.05) is 6.07 Å². The van der Waals surface area contributed by atoms with Gasteiger partial charge in [-0.1, -0.05) is 19.9 Å². The number of hydrogen-bond acceptors (Lipinski definition) is 4. The van der Waals surface area contributed by atoms with Crippen LogP contribution in [0.3, 0.4) is 0 Å². The molecule has 0 radical (unpaired) electrons. The summed E-state index contributed by atoms with van der Waals surface area (Å²) in [5.41, 5.74) is 8.01. The number of rotatable bonds is 9. The van der Waals surface area contributed by atoms with Crippen LogP contribution in [0.5, 0.6) is 5.75 Å². The molecule has 1 aromatic carbocycles. The summed E-state index contributed by atoms with van der Waals surface area (Å²) in [4.78, 5) is 0. The lowest BCUT2D eigenvalue weighted by molar-refractivity contribution is 0.146. The maximum Gasteiger partial charge on any atom is 0.142 e. The van der Waals surface area contributed by atoms with E-state index in [9.17, 15) is 0 Å². The molecule has 20 heavy (non-hydrogen) atoms. The van der Waals surface area contributed by atoms with Gasteiger partial charge in [0.1, 0.15) is 12.4 Å². The van der Waals surface area contributed by atoms with Crippen molar-refractivity contribution in [2.75, 3.05) is 38.7 Å². The largest absolute Gasteiger partial charge is 0.489 e. The van der Waals surface area contributed by atoms with Gasteiger partial charge in [0, 0.05) is 13.7 Å². The number of nitrogens with one attached hydrogen (secondary N) is 1. The highest BCUT2D eigenvalue weighted by Gasteiger charge is 2.12. The maximum atomic E-state index is 5.81. The molecule has 1 rings (SSSR count). The van der Waals surface area contributed by atoms with Gasteiger partial charge >= 0.3 is 0 Å². The van der Waals surface area contributed by atoms with Crippen LogP contribution < -0.4 is 15.8 Å². The first-order valence-electron chi connectivity index (χ1n) is 7.24. The van der Waals surface area contributed by atoms with Gasteiger partial charge in [-0.3, -0.25) is 0 Å². The number of benzene rings is 1. The fourth-order valence-corrected chi connectivity index (χ4v) is 1.96. The van der Waals surface area contributed by atoms with E-state index in [0.29, 0.717) is 31.6 Å². The Hall–Kier alpha value is -1.26. The zero-order valence-corrected chi connectivity index (χ0v) is 13.1. The van der Waals surface area contributed by atoms with Crippen molar-refractivity contribution in [3.8, 4) is 5.75 Å². The molecular weight excluding hydrogens is 252 g/mol. The van der Waals surface area contributed by atoms with Gasteiger partial charge in [-0.05, 0) is 43.0 Å². The summed E-state index contributed by atoms with van der Waals surface area (Å²) in [5.74, 6) is 1.90. The van der Waals surface area contributed by atoms with Crippen molar-refractivity contribution in [3.63, 3.8) is 0 Å². The molecule has 0 spiro atoms. The molecule has 3 N–H and O–H groups in total. The summed E-state index contributed by atoms with van der Waals surface area (Å²) < 4.78 is 10.8. The lowest BCUT2D eigenvalue weighted by Gasteiger charge is -2.21. The second-order valence-electron chi connectivity index (χ2n) is 5.46. The van der Waals surface area contributed by atoms with E-state index in [2.05, 4.69) is 38.2 Å². The summed E-state index contributed by atoms with van der Waals surface area (Å²) in [6, 6.07) is 6.19. The van der Waals surface area contributed by atoms with Crippen LogP contribution in [0.4, 0.5) is 5.69 Å². The Labute approximate surface area is 122 Å². The van der Waals surface area contributed by atoms with Crippen LogP contribution in [0.25, 0.3) is 0 Å². The summed E-state index contributed by atoms with van der Waals surface area (Å²) in [6.45, 7) is 9.15.